The van der Waals surface area contributed by atoms with Crippen molar-refractivity contribution in [1.29, 1.82) is 0 Å². The Morgan fingerprint density at radius 1 is 1.30 bits per heavy atom. The zero-order valence-electron chi connectivity index (χ0n) is 5.04. The van der Waals surface area contributed by atoms with Crippen molar-refractivity contribution in [2.24, 2.45) is 0 Å². The summed E-state index contributed by atoms with van der Waals surface area (Å²) in [7, 11) is 0. The number of benzene rings is 1. The van der Waals surface area contributed by atoms with Crippen LogP contribution in [0.2, 0.25) is 0 Å². The van der Waals surface area contributed by atoms with Crippen LogP contribution in [0.15, 0.2) is 24.3 Å². The van der Waals surface area contributed by atoms with E-state index in [-0.39, 0.29) is 10.4 Å². The third-order valence-electron chi connectivity index (χ3n) is 1.09. The predicted molar refractivity (Wildman–Crippen MR) is 41.4 cm³/mol. The predicted octanol–water partition coefficient (Wildman–Crippen LogP) is 1.93. The molecule has 1 aromatic carbocycles. The lowest BCUT2D eigenvalue weighted by Crippen LogP contribution is -1.84. The van der Waals surface area contributed by atoms with Crippen LogP contribution >= 0.6 is 15.9 Å². The monoisotopic (exact) mass is 200 g/mol. The van der Waals surface area contributed by atoms with Gasteiger partial charge in [-0.05, 0) is 40.2 Å². The fourth-order valence-corrected chi connectivity index (χ4v) is 0.857. The molecule has 1 rings (SSSR count). The number of aromatic hydroxyl groups is 1. The Morgan fingerprint density at radius 2 is 1.80 bits per heavy atom. The average molecular weight is 201 g/mol. The molecular weight excluding hydrogens is 196 g/mol. The van der Waals surface area contributed by atoms with Crippen molar-refractivity contribution in [3.8, 4) is 5.75 Å². The Labute approximate surface area is 66.6 Å². The first-order valence-electron chi connectivity index (χ1n) is 2.69. The van der Waals surface area contributed by atoms with Gasteiger partial charge in [0, 0.05) is 5.56 Å². The number of carbonyl (C=O) groups is 1. The first-order chi connectivity index (χ1) is 4.70. The number of hydrogen-bond acceptors (Lipinski definition) is 2. The van der Waals surface area contributed by atoms with Crippen molar-refractivity contribution in [3.63, 3.8) is 0 Å². The second kappa shape index (κ2) is 2.84. The molecule has 52 valence electrons. The highest BCUT2D eigenvalue weighted by Crippen LogP contribution is 2.11. The number of hydrogen-bond donors (Lipinski definition) is 1. The van der Waals surface area contributed by atoms with Crippen molar-refractivity contribution in [2.75, 3.05) is 0 Å². The molecule has 2 nitrogen and oxygen atoms in total. The number of phenols is 1. The highest BCUT2D eigenvalue weighted by molar-refractivity contribution is 9.18. The molecule has 0 saturated carbocycles. The quantitative estimate of drug-likeness (QED) is 0.704. The lowest BCUT2D eigenvalue weighted by molar-refractivity contribution is 0.109. The maximum atomic E-state index is 10.6. The molecule has 0 spiro atoms. The third-order valence-corrected chi connectivity index (χ3v) is 1.55. The van der Waals surface area contributed by atoms with Crippen molar-refractivity contribution in [3.05, 3.63) is 29.8 Å². The fourth-order valence-electron chi connectivity index (χ4n) is 0.592. The van der Waals surface area contributed by atoms with Gasteiger partial charge in [0.05, 0.1) is 0 Å². The SMILES string of the molecule is O=C(Br)c1ccc(O)cc1. The van der Waals surface area contributed by atoms with Crippen molar-refractivity contribution in [1.82, 2.24) is 0 Å². The third kappa shape index (κ3) is 1.57. The molecule has 0 atom stereocenters. The van der Waals surface area contributed by atoms with Gasteiger partial charge >= 0.3 is 0 Å². The summed E-state index contributed by atoms with van der Waals surface area (Å²) in [5.74, 6) is 0.164. The number of carbonyl (C=O) groups excluding carboxylic acids is 1. The normalized spacial score (nSPS) is 9.30. The summed E-state index contributed by atoms with van der Waals surface area (Å²) in [5, 5.41) is 8.81. The fraction of sp³-hybridized carbons (Fsp3) is 0. The van der Waals surface area contributed by atoms with Gasteiger partial charge in [-0.15, -0.1) is 0 Å². The molecule has 0 radical (unpaired) electrons. The van der Waals surface area contributed by atoms with Gasteiger partial charge in [0.1, 0.15) is 5.75 Å². The molecule has 0 aliphatic carbocycles. The minimum atomic E-state index is -0.174. The van der Waals surface area contributed by atoms with Gasteiger partial charge < -0.3 is 5.11 Å². The Bertz CT molecular complexity index is 240. The number of phenolic OH excluding ortho intramolecular Hbond substituents is 1. The molecule has 0 aliphatic heterocycles. The van der Waals surface area contributed by atoms with Crippen LogP contribution in [0, 0.1) is 0 Å². The van der Waals surface area contributed by atoms with Crippen LogP contribution in [-0.2, 0) is 0 Å². The average Bonchev–Trinajstić information content (AvgIpc) is 1.88. The van der Waals surface area contributed by atoms with Gasteiger partial charge in [-0.25, -0.2) is 0 Å². The van der Waals surface area contributed by atoms with Crippen LogP contribution in [0.25, 0.3) is 0 Å². The summed E-state index contributed by atoms with van der Waals surface area (Å²) in [6, 6.07) is 6.03. The lowest BCUT2D eigenvalue weighted by Gasteiger charge is -1.92. The van der Waals surface area contributed by atoms with Crippen LogP contribution in [0.5, 0.6) is 5.75 Å². The Balaban J connectivity index is 3.00. The summed E-state index contributed by atoms with van der Waals surface area (Å²) >= 11 is 2.79. The molecule has 0 heterocycles. The number of rotatable bonds is 1. The maximum absolute atomic E-state index is 10.6. The van der Waals surface area contributed by atoms with Gasteiger partial charge in [-0.2, -0.15) is 0 Å². The molecular formula is C7H5BrO2. The van der Waals surface area contributed by atoms with E-state index in [1.807, 2.05) is 0 Å². The minimum absolute atomic E-state index is 0.164. The molecule has 10 heavy (non-hydrogen) atoms. The molecule has 1 N–H and O–H groups in total. The molecule has 0 aromatic heterocycles. The smallest absolute Gasteiger partial charge is 0.228 e. The van der Waals surface area contributed by atoms with Crippen molar-refractivity contribution < 1.29 is 9.90 Å². The first kappa shape index (κ1) is 7.28. The molecule has 0 aliphatic rings. The van der Waals surface area contributed by atoms with E-state index in [2.05, 4.69) is 15.9 Å². The molecule has 0 unspecified atom stereocenters. The number of halogens is 1. The largest absolute Gasteiger partial charge is 0.508 e. The van der Waals surface area contributed by atoms with Crippen molar-refractivity contribution in [2.45, 2.75) is 0 Å². The molecule has 0 amide bonds. The van der Waals surface area contributed by atoms with E-state index >= 15 is 0 Å². The highest BCUT2D eigenvalue weighted by Gasteiger charge is 1.98. The van der Waals surface area contributed by atoms with Crippen LogP contribution in [0.1, 0.15) is 10.4 Å². The summed E-state index contributed by atoms with van der Waals surface area (Å²) in [5.41, 5.74) is 0.540. The van der Waals surface area contributed by atoms with Crippen LogP contribution < -0.4 is 0 Å². The molecule has 0 fully saturated rings. The van der Waals surface area contributed by atoms with Gasteiger partial charge in [0.2, 0.25) is 4.69 Å². The lowest BCUT2D eigenvalue weighted by atomic mass is 10.2. The second-order valence-electron chi connectivity index (χ2n) is 1.82. The van der Waals surface area contributed by atoms with Gasteiger partial charge in [0.15, 0.2) is 0 Å². The summed E-state index contributed by atoms with van der Waals surface area (Å²) in [6.07, 6.45) is 0. The van der Waals surface area contributed by atoms with E-state index < -0.39 is 0 Å². The van der Waals surface area contributed by atoms with E-state index in [1.54, 1.807) is 12.1 Å². The maximum Gasteiger partial charge on any atom is 0.228 e. The van der Waals surface area contributed by atoms with E-state index in [0.29, 0.717) is 5.56 Å². The molecule has 0 saturated heterocycles. The van der Waals surface area contributed by atoms with E-state index in [9.17, 15) is 4.79 Å². The van der Waals surface area contributed by atoms with Gasteiger partial charge in [-0.3, -0.25) is 4.79 Å². The Kier molecular flexibility index (Phi) is 2.06. The first-order valence-corrected chi connectivity index (χ1v) is 3.48. The molecule has 3 heteroatoms. The van der Waals surface area contributed by atoms with Gasteiger partial charge in [0.25, 0.3) is 0 Å². The molecule has 1 aromatic rings. The van der Waals surface area contributed by atoms with Crippen LogP contribution in [-0.4, -0.2) is 9.80 Å². The van der Waals surface area contributed by atoms with Crippen LogP contribution in [0.3, 0.4) is 0 Å². The Hall–Kier alpha value is -0.830. The zero-order chi connectivity index (χ0) is 7.56. The topological polar surface area (TPSA) is 37.3 Å². The summed E-state index contributed by atoms with van der Waals surface area (Å²) < 4.78 is -0.174. The van der Waals surface area contributed by atoms with Gasteiger partial charge in [-0.1, -0.05) is 0 Å². The van der Waals surface area contributed by atoms with Crippen LogP contribution in [0.4, 0.5) is 0 Å². The standard InChI is InChI=1S/C7H5BrO2/c8-7(10)5-1-3-6(9)4-2-5/h1-4,9H. The van der Waals surface area contributed by atoms with E-state index in [1.165, 1.54) is 12.1 Å². The summed E-state index contributed by atoms with van der Waals surface area (Å²) in [4.78, 5) is 10.6. The minimum Gasteiger partial charge on any atom is -0.508 e. The Morgan fingerprint density at radius 3 is 2.20 bits per heavy atom. The molecule has 0 bridgehead atoms. The second-order valence-corrected chi connectivity index (χ2v) is 2.54. The van der Waals surface area contributed by atoms with E-state index in [4.69, 9.17) is 5.11 Å². The van der Waals surface area contributed by atoms with E-state index in [0.717, 1.165) is 0 Å². The summed E-state index contributed by atoms with van der Waals surface area (Å²) in [6.45, 7) is 0. The zero-order valence-corrected chi connectivity index (χ0v) is 6.63. The van der Waals surface area contributed by atoms with Crippen molar-refractivity contribution >= 4 is 20.6 Å². The highest BCUT2D eigenvalue weighted by atomic mass is 79.9.